The fourth-order valence-electron chi connectivity index (χ4n) is 1.80. The lowest BCUT2D eigenvalue weighted by Gasteiger charge is -2.13. The van der Waals surface area contributed by atoms with Crippen LogP contribution in [-0.2, 0) is 9.53 Å². The summed E-state index contributed by atoms with van der Waals surface area (Å²) < 4.78 is 15.7. The van der Waals surface area contributed by atoms with E-state index < -0.39 is 11.9 Å². The van der Waals surface area contributed by atoms with Crippen molar-refractivity contribution in [1.82, 2.24) is 0 Å². The van der Waals surface area contributed by atoms with Crippen LogP contribution in [0.1, 0.15) is 17.4 Å². The number of phenols is 1. The second-order valence-corrected chi connectivity index (χ2v) is 4.33. The summed E-state index contributed by atoms with van der Waals surface area (Å²) in [6.07, 6.45) is 0. The van der Waals surface area contributed by atoms with Crippen LogP contribution in [0, 0.1) is 6.92 Å². The van der Waals surface area contributed by atoms with Crippen molar-refractivity contribution in [3.05, 3.63) is 47.9 Å². The fraction of sp³-hybridized carbons (Fsp3) is 0.267. The molecule has 2 rings (SSSR count). The Morgan fingerprint density at radius 1 is 1.35 bits per heavy atom. The topological polar surface area (TPSA) is 68.9 Å². The lowest BCUT2D eigenvalue weighted by Crippen LogP contribution is -2.20. The van der Waals surface area contributed by atoms with Crippen LogP contribution in [0.3, 0.4) is 0 Å². The third-order valence-corrected chi connectivity index (χ3v) is 2.82. The molecule has 0 aliphatic carbocycles. The van der Waals surface area contributed by atoms with Crippen molar-refractivity contribution >= 4 is 5.97 Å². The second kappa shape index (κ2) is 6.14. The minimum absolute atomic E-state index is 0.0725. The maximum atomic E-state index is 11.8. The summed E-state index contributed by atoms with van der Waals surface area (Å²) >= 11 is 0. The SMILES string of the molecule is COC(=O)C(COc1cccc(O)c1)c1ccc(C)o1. The maximum Gasteiger partial charge on any atom is 0.319 e. The molecule has 2 aromatic rings. The highest BCUT2D eigenvalue weighted by atomic mass is 16.5. The first-order valence-electron chi connectivity index (χ1n) is 6.16. The lowest BCUT2D eigenvalue weighted by molar-refractivity contribution is -0.143. The zero-order valence-electron chi connectivity index (χ0n) is 11.3. The van der Waals surface area contributed by atoms with Gasteiger partial charge in [-0.2, -0.15) is 0 Å². The minimum atomic E-state index is -0.643. The minimum Gasteiger partial charge on any atom is -0.508 e. The molecule has 0 spiro atoms. The molecule has 0 fully saturated rings. The molecule has 1 aromatic carbocycles. The van der Waals surface area contributed by atoms with Crippen molar-refractivity contribution in [3.8, 4) is 11.5 Å². The molecule has 5 heteroatoms. The van der Waals surface area contributed by atoms with Gasteiger partial charge in [0, 0.05) is 6.07 Å². The van der Waals surface area contributed by atoms with E-state index in [1.807, 2.05) is 0 Å². The number of esters is 1. The van der Waals surface area contributed by atoms with Gasteiger partial charge in [-0.15, -0.1) is 0 Å². The first kappa shape index (κ1) is 14.0. The Kier molecular flexibility index (Phi) is 4.30. The monoisotopic (exact) mass is 276 g/mol. The van der Waals surface area contributed by atoms with E-state index in [2.05, 4.69) is 0 Å². The summed E-state index contributed by atoms with van der Waals surface area (Å²) in [5.41, 5.74) is 0. The number of ether oxygens (including phenoxy) is 2. The zero-order chi connectivity index (χ0) is 14.5. The van der Waals surface area contributed by atoms with E-state index in [0.29, 0.717) is 17.3 Å². The Morgan fingerprint density at radius 2 is 2.15 bits per heavy atom. The Morgan fingerprint density at radius 3 is 2.75 bits per heavy atom. The molecule has 0 aliphatic heterocycles. The molecule has 0 amide bonds. The largest absolute Gasteiger partial charge is 0.508 e. The fourth-order valence-corrected chi connectivity index (χ4v) is 1.80. The molecule has 0 saturated heterocycles. The van der Waals surface area contributed by atoms with Crippen LogP contribution in [0.25, 0.3) is 0 Å². The Balaban J connectivity index is 2.11. The van der Waals surface area contributed by atoms with Crippen LogP contribution >= 0.6 is 0 Å². The average Bonchev–Trinajstić information content (AvgIpc) is 2.85. The number of furan rings is 1. The van der Waals surface area contributed by atoms with Crippen molar-refractivity contribution in [2.75, 3.05) is 13.7 Å². The van der Waals surface area contributed by atoms with Gasteiger partial charge in [-0.25, -0.2) is 0 Å². The molecule has 5 nitrogen and oxygen atoms in total. The van der Waals surface area contributed by atoms with Crippen molar-refractivity contribution in [2.24, 2.45) is 0 Å². The van der Waals surface area contributed by atoms with Gasteiger partial charge in [0.25, 0.3) is 0 Å². The van der Waals surface area contributed by atoms with Crippen LogP contribution in [0.2, 0.25) is 0 Å². The number of aromatic hydroxyl groups is 1. The molecular weight excluding hydrogens is 260 g/mol. The Labute approximate surface area is 116 Å². The first-order chi connectivity index (χ1) is 9.60. The van der Waals surface area contributed by atoms with Gasteiger partial charge >= 0.3 is 5.97 Å². The molecule has 20 heavy (non-hydrogen) atoms. The van der Waals surface area contributed by atoms with Crippen LogP contribution < -0.4 is 4.74 Å². The van der Waals surface area contributed by atoms with E-state index in [-0.39, 0.29) is 12.4 Å². The van der Waals surface area contributed by atoms with Gasteiger partial charge in [-0.1, -0.05) is 6.07 Å². The van der Waals surface area contributed by atoms with E-state index in [0.717, 1.165) is 0 Å². The normalized spacial score (nSPS) is 11.9. The molecule has 1 atom stereocenters. The Hall–Kier alpha value is -2.43. The number of hydrogen-bond acceptors (Lipinski definition) is 5. The lowest BCUT2D eigenvalue weighted by atomic mass is 10.1. The van der Waals surface area contributed by atoms with Gasteiger partial charge in [0.15, 0.2) is 0 Å². The van der Waals surface area contributed by atoms with Crippen molar-refractivity contribution in [1.29, 1.82) is 0 Å². The third-order valence-electron chi connectivity index (χ3n) is 2.82. The van der Waals surface area contributed by atoms with Crippen LogP contribution in [0.4, 0.5) is 0 Å². The summed E-state index contributed by atoms with van der Waals surface area (Å²) in [4.78, 5) is 11.8. The van der Waals surface area contributed by atoms with E-state index >= 15 is 0 Å². The summed E-state index contributed by atoms with van der Waals surface area (Å²) in [6, 6.07) is 9.88. The van der Waals surface area contributed by atoms with Gasteiger partial charge in [0.1, 0.15) is 35.5 Å². The van der Waals surface area contributed by atoms with E-state index in [1.165, 1.54) is 13.2 Å². The van der Waals surface area contributed by atoms with Crippen molar-refractivity contribution in [3.63, 3.8) is 0 Å². The average molecular weight is 276 g/mol. The third kappa shape index (κ3) is 3.32. The Bertz CT molecular complexity index is 587. The quantitative estimate of drug-likeness (QED) is 0.850. The zero-order valence-corrected chi connectivity index (χ0v) is 11.3. The summed E-state index contributed by atoms with van der Waals surface area (Å²) in [5, 5.41) is 9.36. The second-order valence-electron chi connectivity index (χ2n) is 4.33. The molecule has 0 bridgehead atoms. The van der Waals surface area contributed by atoms with Crippen LogP contribution in [0.15, 0.2) is 40.8 Å². The van der Waals surface area contributed by atoms with Crippen molar-refractivity contribution in [2.45, 2.75) is 12.8 Å². The number of aryl methyl sites for hydroxylation is 1. The standard InChI is InChI=1S/C15H16O5/c1-10-6-7-14(20-10)13(15(17)18-2)9-19-12-5-3-4-11(16)8-12/h3-8,13,16H,9H2,1-2H3. The summed E-state index contributed by atoms with van der Waals surface area (Å²) in [7, 11) is 1.32. The summed E-state index contributed by atoms with van der Waals surface area (Å²) in [5.74, 6) is 0.712. The van der Waals surface area contributed by atoms with Gasteiger partial charge in [-0.05, 0) is 31.2 Å². The molecule has 1 heterocycles. The highest BCUT2D eigenvalue weighted by Gasteiger charge is 2.25. The molecule has 1 N–H and O–H groups in total. The number of carbonyl (C=O) groups excluding carboxylic acids is 1. The van der Waals surface area contributed by atoms with Crippen molar-refractivity contribution < 1.29 is 23.8 Å². The van der Waals surface area contributed by atoms with E-state index in [1.54, 1.807) is 37.3 Å². The van der Waals surface area contributed by atoms with Gasteiger partial charge in [0.05, 0.1) is 7.11 Å². The first-order valence-corrected chi connectivity index (χ1v) is 6.16. The number of carbonyl (C=O) groups is 1. The highest BCUT2D eigenvalue weighted by Crippen LogP contribution is 2.23. The van der Waals surface area contributed by atoms with Gasteiger partial charge in [-0.3, -0.25) is 4.79 Å². The highest BCUT2D eigenvalue weighted by molar-refractivity contribution is 5.77. The van der Waals surface area contributed by atoms with Gasteiger partial charge < -0.3 is 19.0 Å². The van der Waals surface area contributed by atoms with E-state index in [9.17, 15) is 9.90 Å². The number of rotatable bonds is 5. The molecule has 1 aromatic heterocycles. The molecular formula is C15H16O5. The molecule has 0 radical (unpaired) electrons. The molecule has 0 aliphatic rings. The van der Waals surface area contributed by atoms with Crippen LogP contribution in [0.5, 0.6) is 11.5 Å². The summed E-state index contributed by atoms with van der Waals surface area (Å²) in [6.45, 7) is 1.87. The predicted octanol–water partition coefficient (Wildman–Crippen LogP) is 2.63. The van der Waals surface area contributed by atoms with E-state index in [4.69, 9.17) is 13.9 Å². The number of phenolic OH excluding ortho intramolecular Hbond substituents is 1. The number of methoxy groups -OCH3 is 1. The molecule has 1 unspecified atom stereocenters. The number of benzene rings is 1. The number of hydrogen-bond donors (Lipinski definition) is 1. The molecule has 0 saturated carbocycles. The maximum absolute atomic E-state index is 11.8. The smallest absolute Gasteiger partial charge is 0.319 e. The predicted molar refractivity (Wildman–Crippen MR) is 71.8 cm³/mol. The van der Waals surface area contributed by atoms with Crippen LogP contribution in [-0.4, -0.2) is 24.8 Å². The molecule has 106 valence electrons. The van der Waals surface area contributed by atoms with Gasteiger partial charge in [0.2, 0.25) is 0 Å².